The molecule has 1 unspecified atom stereocenters. The van der Waals surface area contributed by atoms with Crippen molar-refractivity contribution in [2.75, 3.05) is 18.4 Å². The van der Waals surface area contributed by atoms with Crippen molar-refractivity contribution in [2.24, 2.45) is 0 Å². The predicted molar refractivity (Wildman–Crippen MR) is 83.7 cm³/mol. The van der Waals surface area contributed by atoms with Crippen molar-refractivity contribution in [3.63, 3.8) is 0 Å². The van der Waals surface area contributed by atoms with Crippen LogP contribution in [0, 0.1) is 0 Å². The molecule has 1 aromatic rings. The predicted octanol–water partition coefficient (Wildman–Crippen LogP) is 1.31. The van der Waals surface area contributed by atoms with Crippen LogP contribution >= 0.6 is 0 Å². The number of carbonyl (C=O) groups is 1. The van der Waals surface area contributed by atoms with E-state index in [0.29, 0.717) is 18.8 Å². The maximum atomic E-state index is 12.1. The summed E-state index contributed by atoms with van der Waals surface area (Å²) in [4.78, 5) is 12.0. The van der Waals surface area contributed by atoms with Gasteiger partial charge in [-0.1, -0.05) is 26.0 Å². The number of hydrogen-bond acceptors (Lipinski definition) is 4. The second kappa shape index (κ2) is 7.99. The average Bonchev–Trinajstić information content (AvgIpc) is 2.45. The Morgan fingerprint density at radius 1 is 1.24 bits per heavy atom. The highest BCUT2D eigenvalue weighted by Crippen LogP contribution is 2.21. The van der Waals surface area contributed by atoms with E-state index in [0.717, 1.165) is 6.42 Å². The molecule has 0 radical (unpaired) electrons. The minimum absolute atomic E-state index is 0.141. The van der Waals surface area contributed by atoms with E-state index in [-0.39, 0.29) is 10.8 Å². The van der Waals surface area contributed by atoms with Crippen LogP contribution in [-0.2, 0) is 14.8 Å². The third-order valence-electron chi connectivity index (χ3n) is 2.83. The van der Waals surface area contributed by atoms with Gasteiger partial charge in [0, 0.05) is 13.1 Å². The molecule has 3 N–H and O–H groups in total. The number of carbonyl (C=O) groups excluding carboxylic acids is 1. The lowest BCUT2D eigenvalue weighted by molar-refractivity contribution is -0.121. The lowest BCUT2D eigenvalue weighted by Gasteiger charge is -2.17. The van der Waals surface area contributed by atoms with Gasteiger partial charge >= 0.3 is 0 Å². The van der Waals surface area contributed by atoms with Gasteiger partial charge in [-0.3, -0.25) is 4.79 Å². The van der Waals surface area contributed by atoms with Crippen LogP contribution in [0.1, 0.15) is 27.2 Å². The summed E-state index contributed by atoms with van der Waals surface area (Å²) in [5.41, 5.74) is 0.414. The van der Waals surface area contributed by atoms with Gasteiger partial charge in [-0.15, -0.1) is 0 Å². The largest absolute Gasteiger partial charge is 0.373 e. The molecule has 0 fully saturated rings. The Labute approximate surface area is 126 Å². The standard InChI is InChI=1S/C14H23N3O3S/c1-4-10-15-14(18)11(3)17-12-8-6-7-9-13(12)21(19,20)16-5-2/h6-9,11,16-17H,4-5,10H2,1-3H3,(H,15,18). The molecule has 0 heterocycles. The Kier molecular flexibility index (Phi) is 6.64. The zero-order valence-corrected chi connectivity index (χ0v) is 13.5. The quantitative estimate of drug-likeness (QED) is 0.675. The molecule has 0 bridgehead atoms. The van der Waals surface area contributed by atoms with Crippen molar-refractivity contribution >= 4 is 21.6 Å². The van der Waals surface area contributed by atoms with Crippen LogP contribution in [0.4, 0.5) is 5.69 Å². The Morgan fingerprint density at radius 3 is 2.52 bits per heavy atom. The Morgan fingerprint density at radius 2 is 1.90 bits per heavy atom. The number of para-hydroxylation sites is 1. The van der Waals surface area contributed by atoms with E-state index in [1.165, 1.54) is 6.07 Å². The number of anilines is 1. The summed E-state index contributed by atoms with van der Waals surface area (Å²) >= 11 is 0. The normalized spacial score (nSPS) is 12.7. The minimum Gasteiger partial charge on any atom is -0.373 e. The summed E-state index contributed by atoms with van der Waals surface area (Å²) in [6, 6.07) is 6.01. The highest BCUT2D eigenvalue weighted by atomic mass is 32.2. The maximum Gasteiger partial charge on any atom is 0.242 e. The summed E-state index contributed by atoms with van der Waals surface area (Å²) in [7, 11) is -3.57. The van der Waals surface area contributed by atoms with Crippen molar-refractivity contribution < 1.29 is 13.2 Å². The summed E-state index contributed by atoms with van der Waals surface area (Å²) in [6.07, 6.45) is 0.851. The number of benzene rings is 1. The van der Waals surface area contributed by atoms with Crippen molar-refractivity contribution in [3.05, 3.63) is 24.3 Å². The van der Waals surface area contributed by atoms with Crippen molar-refractivity contribution in [2.45, 2.75) is 38.1 Å². The lowest BCUT2D eigenvalue weighted by Crippen LogP contribution is -2.38. The Hall–Kier alpha value is -1.60. The lowest BCUT2D eigenvalue weighted by atomic mass is 10.2. The molecule has 7 heteroatoms. The smallest absolute Gasteiger partial charge is 0.242 e. The fourth-order valence-corrected chi connectivity index (χ4v) is 3.00. The van der Waals surface area contributed by atoms with Crippen LogP contribution in [0.2, 0.25) is 0 Å². The molecule has 21 heavy (non-hydrogen) atoms. The van der Waals surface area contributed by atoms with E-state index in [1.807, 2.05) is 6.92 Å². The van der Waals surface area contributed by atoms with Gasteiger partial charge in [0.25, 0.3) is 0 Å². The summed E-state index contributed by atoms with van der Waals surface area (Å²) in [5.74, 6) is -0.160. The third kappa shape index (κ3) is 5.02. The molecule has 1 amide bonds. The molecule has 0 saturated heterocycles. The van der Waals surface area contributed by atoms with Crippen LogP contribution in [0.15, 0.2) is 29.2 Å². The van der Waals surface area contributed by atoms with Crippen LogP contribution in [-0.4, -0.2) is 33.5 Å². The number of rotatable bonds is 8. The van der Waals surface area contributed by atoms with E-state index < -0.39 is 16.1 Å². The topological polar surface area (TPSA) is 87.3 Å². The fraction of sp³-hybridized carbons (Fsp3) is 0.500. The zero-order valence-electron chi connectivity index (χ0n) is 12.6. The monoisotopic (exact) mass is 313 g/mol. The van der Waals surface area contributed by atoms with E-state index in [4.69, 9.17) is 0 Å². The van der Waals surface area contributed by atoms with Gasteiger partial charge in [-0.05, 0) is 25.5 Å². The first-order valence-corrected chi connectivity index (χ1v) is 8.53. The molecule has 0 aliphatic carbocycles. The molecule has 0 aliphatic heterocycles. The molecule has 0 saturated carbocycles. The fourth-order valence-electron chi connectivity index (χ4n) is 1.79. The van der Waals surface area contributed by atoms with Crippen LogP contribution < -0.4 is 15.4 Å². The zero-order chi connectivity index (χ0) is 15.9. The van der Waals surface area contributed by atoms with E-state index in [2.05, 4.69) is 15.4 Å². The average molecular weight is 313 g/mol. The number of nitrogens with one attached hydrogen (secondary N) is 3. The molecule has 0 spiro atoms. The van der Waals surface area contributed by atoms with Crippen molar-refractivity contribution in [1.29, 1.82) is 0 Å². The number of hydrogen-bond donors (Lipinski definition) is 3. The third-order valence-corrected chi connectivity index (χ3v) is 4.43. The highest BCUT2D eigenvalue weighted by Gasteiger charge is 2.20. The van der Waals surface area contributed by atoms with Crippen LogP contribution in [0.5, 0.6) is 0 Å². The highest BCUT2D eigenvalue weighted by molar-refractivity contribution is 7.89. The van der Waals surface area contributed by atoms with E-state index in [9.17, 15) is 13.2 Å². The molecule has 0 aromatic heterocycles. The molecular weight excluding hydrogens is 290 g/mol. The first kappa shape index (κ1) is 17.5. The van der Waals surface area contributed by atoms with Crippen LogP contribution in [0.3, 0.4) is 0 Å². The maximum absolute atomic E-state index is 12.1. The van der Waals surface area contributed by atoms with Crippen molar-refractivity contribution in [3.8, 4) is 0 Å². The first-order chi connectivity index (χ1) is 9.92. The molecular formula is C14H23N3O3S. The number of amides is 1. The van der Waals surface area contributed by atoms with E-state index >= 15 is 0 Å². The van der Waals surface area contributed by atoms with Crippen molar-refractivity contribution in [1.82, 2.24) is 10.0 Å². The number of sulfonamides is 1. The molecule has 0 aliphatic rings. The first-order valence-electron chi connectivity index (χ1n) is 7.05. The minimum atomic E-state index is -3.57. The van der Waals surface area contributed by atoms with Gasteiger partial charge in [-0.25, -0.2) is 13.1 Å². The summed E-state index contributed by atoms with van der Waals surface area (Å²) < 4.78 is 26.7. The second-order valence-electron chi connectivity index (χ2n) is 4.65. The summed E-state index contributed by atoms with van der Waals surface area (Å²) in [6.45, 7) is 6.29. The second-order valence-corrected chi connectivity index (χ2v) is 6.39. The molecule has 6 nitrogen and oxygen atoms in total. The molecule has 1 aromatic carbocycles. The van der Waals surface area contributed by atoms with Gasteiger partial charge in [0.2, 0.25) is 15.9 Å². The summed E-state index contributed by atoms with van der Waals surface area (Å²) in [5, 5.41) is 5.72. The van der Waals surface area contributed by atoms with Gasteiger partial charge in [-0.2, -0.15) is 0 Å². The van der Waals surface area contributed by atoms with Crippen LogP contribution in [0.25, 0.3) is 0 Å². The van der Waals surface area contributed by atoms with Gasteiger partial charge in [0.05, 0.1) is 5.69 Å². The van der Waals surface area contributed by atoms with Gasteiger partial charge in [0.1, 0.15) is 10.9 Å². The molecule has 1 atom stereocenters. The Bertz CT molecular complexity index is 573. The Balaban J connectivity index is 2.92. The molecule has 1 rings (SSSR count). The van der Waals surface area contributed by atoms with E-state index in [1.54, 1.807) is 32.0 Å². The SMILES string of the molecule is CCCNC(=O)C(C)Nc1ccccc1S(=O)(=O)NCC. The van der Waals surface area contributed by atoms with Gasteiger partial charge in [0.15, 0.2) is 0 Å². The van der Waals surface area contributed by atoms with Gasteiger partial charge < -0.3 is 10.6 Å². The molecule has 118 valence electrons.